The van der Waals surface area contributed by atoms with E-state index in [9.17, 15) is 14.4 Å². The lowest BCUT2D eigenvalue weighted by molar-refractivity contribution is -0.132. The molecule has 0 bridgehead atoms. The Hall–Kier alpha value is -3.00. The molecule has 164 valence electrons. The second-order valence-corrected chi connectivity index (χ2v) is 9.36. The predicted octanol–water partition coefficient (Wildman–Crippen LogP) is 4.37. The van der Waals surface area contributed by atoms with Gasteiger partial charge in [0, 0.05) is 24.0 Å². The number of hydrogen-bond donors (Lipinski definition) is 1. The minimum Gasteiger partial charge on any atom is -0.340 e. The molecule has 32 heavy (non-hydrogen) atoms. The molecule has 3 heterocycles. The number of amides is 3. The number of aromatic nitrogens is 2. The van der Waals surface area contributed by atoms with E-state index < -0.39 is 0 Å². The van der Waals surface area contributed by atoms with Crippen molar-refractivity contribution in [1.29, 1.82) is 0 Å². The minimum atomic E-state index is -0.296. The van der Waals surface area contributed by atoms with Gasteiger partial charge in [-0.2, -0.15) is 0 Å². The zero-order valence-electron chi connectivity index (χ0n) is 17.7. The van der Waals surface area contributed by atoms with E-state index >= 15 is 0 Å². The van der Waals surface area contributed by atoms with Gasteiger partial charge in [0.05, 0.1) is 28.2 Å². The molecule has 1 unspecified atom stereocenters. The number of halogens is 1. The van der Waals surface area contributed by atoms with Gasteiger partial charge in [-0.3, -0.25) is 19.3 Å². The predicted molar refractivity (Wildman–Crippen MR) is 123 cm³/mol. The van der Waals surface area contributed by atoms with Crippen LogP contribution in [0.15, 0.2) is 40.9 Å². The van der Waals surface area contributed by atoms with E-state index in [1.54, 1.807) is 18.2 Å². The molecule has 1 N–H and O–H groups in total. The van der Waals surface area contributed by atoms with Gasteiger partial charge >= 0.3 is 0 Å². The zero-order valence-corrected chi connectivity index (χ0v) is 19.3. The summed E-state index contributed by atoms with van der Waals surface area (Å²) in [4.78, 5) is 49.4. The molecular weight excluding hydrogens is 472 g/mol. The van der Waals surface area contributed by atoms with Crippen molar-refractivity contribution in [3.8, 4) is 0 Å². The van der Waals surface area contributed by atoms with Crippen LogP contribution in [0.25, 0.3) is 11.0 Å². The second kappa shape index (κ2) is 8.16. The van der Waals surface area contributed by atoms with E-state index in [1.807, 2.05) is 24.0 Å². The number of aromatic amines is 1. The first-order chi connectivity index (χ1) is 15.4. The van der Waals surface area contributed by atoms with Crippen LogP contribution >= 0.6 is 15.9 Å². The first kappa shape index (κ1) is 20.9. The second-order valence-electron chi connectivity index (χ2n) is 8.44. The van der Waals surface area contributed by atoms with Crippen molar-refractivity contribution < 1.29 is 14.4 Å². The lowest BCUT2D eigenvalue weighted by Gasteiger charge is -2.23. The molecule has 0 saturated carbocycles. The largest absolute Gasteiger partial charge is 0.340 e. The fourth-order valence-corrected chi connectivity index (χ4v) is 5.01. The Kier molecular flexibility index (Phi) is 5.33. The number of nitrogens with one attached hydrogen (secondary N) is 1. The van der Waals surface area contributed by atoms with E-state index in [4.69, 9.17) is 4.98 Å². The first-order valence-corrected chi connectivity index (χ1v) is 11.6. The molecule has 2 aliphatic rings. The summed E-state index contributed by atoms with van der Waals surface area (Å²) in [7, 11) is 0. The number of benzene rings is 2. The number of carbonyl (C=O) groups excluding carboxylic acids is 3. The van der Waals surface area contributed by atoms with Crippen molar-refractivity contribution in [2.75, 3.05) is 13.1 Å². The summed E-state index contributed by atoms with van der Waals surface area (Å²) in [6.07, 6.45) is 2.53. The number of nitrogens with zero attached hydrogens (tertiary/aromatic N) is 3. The third-order valence-electron chi connectivity index (χ3n) is 6.25. The standard InChI is InChI=1S/C24H23BrN4O3/c1-14-6-9-18-19(12-14)27-22(26-18)20-4-2-10-28(20)21(30)5-3-11-29-23(31)16-8-7-15(25)13-17(16)24(29)32/h6-9,12-13,20H,2-5,10-11H2,1H3,(H,26,27). The molecular formula is C24H23BrN4O3. The number of H-pyrrole nitrogens is 1. The smallest absolute Gasteiger partial charge is 0.261 e. The Bertz CT molecular complexity index is 1250. The van der Waals surface area contributed by atoms with Crippen LogP contribution in [0.5, 0.6) is 0 Å². The van der Waals surface area contributed by atoms with Gasteiger partial charge in [-0.25, -0.2) is 4.98 Å². The van der Waals surface area contributed by atoms with Gasteiger partial charge in [0.15, 0.2) is 0 Å². The summed E-state index contributed by atoms with van der Waals surface area (Å²) >= 11 is 3.34. The van der Waals surface area contributed by atoms with Crippen molar-refractivity contribution in [1.82, 2.24) is 19.8 Å². The van der Waals surface area contributed by atoms with E-state index in [2.05, 4.69) is 27.0 Å². The summed E-state index contributed by atoms with van der Waals surface area (Å²) in [6.45, 7) is 2.97. The Morgan fingerprint density at radius 1 is 1.16 bits per heavy atom. The molecule has 1 saturated heterocycles. The van der Waals surface area contributed by atoms with E-state index in [0.29, 0.717) is 24.1 Å². The molecule has 8 heteroatoms. The number of rotatable bonds is 5. The Morgan fingerprint density at radius 2 is 1.97 bits per heavy atom. The average Bonchev–Trinajstić information content (AvgIpc) is 3.46. The molecule has 5 rings (SSSR count). The van der Waals surface area contributed by atoms with Crippen molar-refractivity contribution in [3.63, 3.8) is 0 Å². The summed E-state index contributed by atoms with van der Waals surface area (Å²) in [5.74, 6) is 0.266. The van der Waals surface area contributed by atoms with Crippen LogP contribution in [0, 0.1) is 6.92 Å². The van der Waals surface area contributed by atoms with Crippen LogP contribution in [0.4, 0.5) is 0 Å². The minimum absolute atomic E-state index is 0.0310. The highest BCUT2D eigenvalue weighted by Crippen LogP contribution is 2.32. The fraction of sp³-hybridized carbons (Fsp3) is 0.333. The molecule has 2 aromatic carbocycles. The highest BCUT2D eigenvalue weighted by atomic mass is 79.9. The Morgan fingerprint density at radius 3 is 2.81 bits per heavy atom. The molecule has 1 atom stereocenters. The van der Waals surface area contributed by atoms with E-state index in [-0.39, 0.29) is 36.7 Å². The number of likely N-dealkylation sites (tertiary alicyclic amines) is 1. The Balaban J connectivity index is 1.23. The van der Waals surface area contributed by atoms with Crippen molar-refractivity contribution in [3.05, 3.63) is 63.4 Å². The lowest BCUT2D eigenvalue weighted by atomic mass is 10.1. The van der Waals surface area contributed by atoms with Crippen LogP contribution in [-0.2, 0) is 4.79 Å². The topological polar surface area (TPSA) is 86.4 Å². The maximum absolute atomic E-state index is 13.0. The molecule has 2 aliphatic heterocycles. The van der Waals surface area contributed by atoms with Gasteiger partial charge in [-0.05, 0) is 62.1 Å². The highest BCUT2D eigenvalue weighted by molar-refractivity contribution is 9.10. The van der Waals surface area contributed by atoms with Crippen molar-refractivity contribution in [2.45, 2.75) is 38.6 Å². The van der Waals surface area contributed by atoms with Crippen LogP contribution in [0.1, 0.15) is 63.8 Å². The fourth-order valence-electron chi connectivity index (χ4n) is 4.65. The molecule has 0 aliphatic carbocycles. The number of fused-ring (bicyclic) bond motifs is 2. The number of hydrogen-bond acceptors (Lipinski definition) is 4. The number of imide groups is 1. The normalized spacial score (nSPS) is 18.1. The molecule has 1 aromatic heterocycles. The van der Waals surface area contributed by atoms with Gasteiger partial charge in [0.2, 0.25) is 5.91 Å². The van der Waals surface area contributed by atoms with Gasteiger partial charge < -0.3 is 9.88 Å². The highest BCUT2D eigenvalue weighted by Gasteiger charge is 2.36. The van der Waals surface area contributed by atoms with Gasteiger partial charge in [-0.1, -0.05) is 22.0 Å². The van der Waals surface area contributed by atoms with Crippen LogP contribution in [0.2, 0.25) is 0 Å². The molecule has 7 nitrogen and oxygen atoms in total. The quantitative estimate of drug-likeness (QED) is 0.533. The summed E-state index contributed by atoms with van der Waals surface area (Å²) in [6, 6.07) is 11.1. The SMILES string of the molecule is Cc1ccc2nc(C3CCCN3C(=O)CCCN3C(=O)c4ccc(Br)cc4C3=O)[nH]c2c1. The van der Waals surface area contributed by atoms with Gasteiger partial charge in [0.25, 0.3) is 11.8 Å². The van der Waals surface area contributed by atoms with Crippen molar-refractivity contribution in [2.24, 2.45) is 0 Å². The molecule has 0 radical (unpaired) electrons. The first-order valence-electron chi connectivity index (χ1n) is 10.8. The average molecular weight is 495 g/mol. The maximum Gasteiger partial charge on any atom is 0.261 e. The van der Waals surface area contributed by atoms with Crippen LogP contribution < -0.4 is 0 Å². The van der Waals surface area contributed by atoms with E-state index in [1.165, 1.54) is 4.90 Å². The number of aryl methyl sites for hydroxylation is 1. The van der Waals surface area contributed by atoms with Crippen LogP contribution in [-0.4, -0.2) is 50.6 Å². The number of imidazole rings is 1. The third-order valence-corrected chi connectivity index (χ3v) is 6.74. The van der Waals surface area contributed by atoms with Crippen molar-refractivity contribution >= 4 is 44.7 Å². The monoisotopic (exact) mass is 494 g/mol. The summed E-state index contributed by atoms with van der Waals surface area (Å²) in [5, 5.41) is 0. The molecule has 3 aromatic rings. The summed E-state index contributed by atoms with van der Waals surface area (Å²) < 4.78 is 0.759. The summed E-state index contributed by atoms with van der Waals surface area (Å²) in [5.41, 5.74) is 3.88. The Labute approximate surface area is 193 Å². The lowest BCUT2D eigenvalue weighted by Crippen LogP contribution is -2.34. The van der Waals surface area contributed by atoms with Crippen LogP contribution in [0.3, 0.4) is 0 Å². The van der Waals surface area contributed by atoms with Gasteiger partial charge in [-0.15, -0.1) is 0 Å². The van der Waals surface area contributed by atoms with Gasteiger partial charge in [0.1, 0.15) is 5.82 Å². The molecule has 1 fully saturated rings. The molecule has 0 spiro atoms. The maximum atomic E-state index is 13.0. The number of carbonyl (C=O) groups is 3. The third kappa shape index (κ3) is 3.62. The van der Waals surface area contributed by atoms with E-state index in [0.717, 1.165) is 39.7 Å². The molecule has 3 amide bonds. The zero-order chi connectivity index (χ0) is 22.4.